The van der Waals surface area contributed by atoms with Gasteiger partial charge in [0.15, 0.2) is 0 Å². The number of piperazine rings is 1. The number of rotatable bonds is 7. The second kappa shape index (κ2) is 13.0. The van der Waals surface area contributed by atoms with E-state index in [2.05, 4.69) is 32.5 Å². The van der Waals surface area contributed by atoms with Gasteiger partial charge in [0.2, 0.25) is 0 Å². The Labute approximate surface area is 265 Å². The van der Waals surface area contributed by atoms with Crippen LogP contribution in [-0.2, 0) is 4.79 Å². The molecule has 9 heteroatoms. The topological polar surface area (TPSA) is 101 Å². The van der Waals surface area contributed by atoms with Crippen molar-refractivity contribution in [3.05, 3.63) is 87.7 Å². The molecule has 3 N–H and O–H groups in total. The molecule has 3 aromatic rings. The third-order valence-corrected chi connectivity index (χ3v) is 9.76. The van der Waals surface area contributed by atoms with E-state index in [9.17, 15) is 14.4 Å². The first kappa shape index (κ1) is 30.8. The van der Waals surface area contributed by atoms with Gasteiger partial charge in [0.05, 0.1) is 17.2 Å². The van der Waals surface area contributed by atoms with Crippen molar-refractivity contribution in [2.24, 2.45) is 0 Å². The van der Waals surface area contributed by atoms with E-state index < -0.39 is 0 Å². The molecule has 3 aliphatic heterocycles. The largest absolute Gasteiger partial charge is 0.358 e. The fraction of sp³-hybridized carbons (Fsp3) is 0.417. The Bertz CT molecular complexity index is 1610. The molecule has 0 spiro atoms. The summed E-state index contributed by atoms with van der Waals surface area (Å²) in [6.45, 7) is 11.4. The van der Waals surface area contributed by atoms with Gasteiger partial charge in [-0.25, -0.2) is 0 Å². The first-order chi connectivity index (χ1) is 21.7. The lowest BCUT2D eigenvalue weighted by Crippen LogP contribution is -2.54. The van der Waals surface area contributed by atoms with Gasteiger partial charge in [0, 0.05) is 60.4 Å². The summed E-state index contributed by atoms with van der Waals surface area (Å²) in [5.41, 5.74) is 6.35. The summed E-state index contributed by atoms with van der Waals surface area (Å²) < 4.78 is 0. The van der Waals surface area contributed by atoms with Crippen molar-refractivity contribution in [1.82, 2.24) is 25.0 Å². The zero-order valence-electron chi connectivity index (χ0n) is 26.8. The van der Waals surface area contributed by atoms with Crippen LogP contribution in [0.1, 0.15) is 81.0 Å². The van der Waals surface area contributed by atoms with Gasteiger partial charge in [0.25, 0.3) is 17.7 Å². The summed E-state index contributed by atoms with van der Waals surface area (Å²) in [4.78, 5) is 50.4. The third-order valence-electron chi connectivity index (χ3n) is 9.76. The molecule has 3 aliphatic rings. The Hall–Kier alpha value is -4.21. The molecule has 0 bridgehead atoms. The molecule has 1 aromatic heterocycles. The number of nitrogens with one attached hydrogen (secondary N) is 3. The molecule has 1 atom stereocenters. The van der Waals surface area contributed by atoms with Crippen molar-refractivity contribution >= 4 is 35.1 Å². The van der Waals surface area contributed by atoms with E-state index >= 15 is 0 Å². The zero-order valence-corrected chi connectivity index (χ0v) is 26.8. The number of benzene rings is 2. The number of aromatic nitrogens is 1. The maximum atomic E-state index is 13.8. The summed E-state index contributed by atoms with van der Waals surface area (Å²) in [5, 5.41) is 6.06. The monoisotopic (exact) mass is 608 g/mol. The molecule has 2 fully saturated rings. The first-order valence-corrected chi connectivity index (χ1v) is 16.2. The first-order valence-electron chi connectivity index (χ1n) is 16.2. The van der Waals surface area contributed by atoms with Crippen molar-refractivity contribution in [3.63, 3.8) is 0 Å². The molecule has 0 unspecified atom stereocenters. The van der Waals surface area contributed by atoms with Crippen LogP contribution in [0.4, 0.5) is 5.69 Å². The number of H-pyrrole nitrogens is 1. The number of fused-ring (bicyclic) bond motifs is 1. The Balaban J connectivity index is 1.18. The number of aryl methyl sites for hydroxylation is 1. The fourth-order valence-corrected chi connectivity index (χ4v) is 7.01. The van der Waals surface area contributed by atoms with Gasteiger partial charge in [-0.1, -0.05) is 37.3 Å². The van der Waals surface area contributed by atoms with Crippen LogP contribution in [0.5, 0.6) is 0 Å². The predicted octanol–water partition coefficient (Wildman–Crippen LogP) is 4.86. The van der Waals surface area contributed by atoms with Gasteiger partial charge < -0.3 is 25.4 Å². The highest BCUT2D eigenvalue weighted by molar-refractivity contribution is 6.35. The number of carbonyl (C=O) groups excluding carboxylic acids is 3. The van der Waals surface area contributed by atoms with E-state index in [-0.39, 0.29) is 23.8 Å². The molecule has 0 saturated carbocycles. The molecule has 4 heterocycles. The van der Waals surface area contributed by atoms with E-state index in [0.29, 0.717) is 34.0 Å². The lowest BCUT2D eigenvalue weighted by Gasteiger charge is -2.42. The lowest BCUT2D eigenvalue weighted by atomic mass is 10.00. The van der Waals surface area contributed by atoms with Crippen LogP contribution in [0.3, 0.4) is 0 Å². The summed E-state index contributed by atoms with van der Waals surface area (Å²) in [5.74, 6) is -0.390. The van der Waals surface area contributed by atoms with Crippen molar-refractivity contribution in [3.8, 4) is 0 Å². The highest BCUT2D eigenvalue weighted by atomic mass is 16.2. The average molecular weight is 609 g/mol. The maximum Gasteiger partial charge on any atom is 0.256 e. The molecule has 9 nitrogen and oxygen atoms in total. The van der Waals surface area contributed by atoms with Crippen LogP contribution in [0.2, 0.25) is 0 Å². The molecule has 236 valence electrons. The van der Waals surface area contributed by atoms with Gasteiger partial charge in [0.1, 0.15) is 0 Å². The van der Waals surface area contributed by atoms with Crippen LogP contribution in [0.25, 0.3) is 11.6 Å². The molecule has 3 amide bonds. The quantitative estimate of drug-likeness (QED) is 0.333. The van der Waals surface area contributed by atoms with Gasteiger partial charge in [-0.15, -0.1) is 0 Å². The molecule has 2 aromatic carbocycles. The fourth-order valence-electron chi connectivity index (χ4n) is 7.01. The average Bonchev–Trinajstić information content (AvgIpc) is 3.52. The van der Waals surface area contributed by atoms with Crippen molar-refractivity contribution in [1.29, 1.82) is 0 Å². The number of nitrogens with zero attached hydrogens (tertiary/aromatic N) is 3. The second-order valence-electron chi connectivity index (χ2n) is 12.6. The number of carbonyl (C=O) groups is 3. The van der Waals surface area contributed by atoms with Crippen LogP contribution in [-0.4, -0.2) is 89.8 Å². The van der Waals surface area contributed by atoms with Gasteiger partial charge in [-0.2, -0.15) is 0 Å². The third kappa shape index (κ3) is 6.32. The summed E-state index contributed by atoms with van der Waals surface area (Å²) in [6.07, 6.45) is 4.94. The van der Waals surface area contributed by atoms with E-state index in [1.165, 1.54) is 12.8 Å². The Morgan fingerprint density at radius 1 is 1.00 bits per heavy atom. The van der Waals surface area contributed by atoms with Gasteiger partial charge in [-0.05, 0) is 88.6 Å². The van der Waals surface area contributed by atoms with Gasteiger partial charge >= 0.3 is 0 Å². The number of hydrogen-bond donors (Lipinski definition) is 3. The maximum absolute atomic E-state index is 13.8. The highest BCUT2D eigenvalue weighted by Crippen LogP contribution is 2.35. The molecular formula is C36H44N6O3. The molecular weight excluding hydrogens is 564 g/mol. The van der Waals surface area contributed by atoms with Gasteiger partial charge in [-0.3, -0.25) is 19.3 Å². The minimum atomic E-state index is -0.233. The van der Waals surface area contributed by atoms with Crippen molar-refractivity contribution < 1.29 is 14.4 Å². The minimum absolute atomic E-state index is 0.0352. The minimum Gasteiger partial charge on any atom is -0.358 e. The standard InChI is InChI=1S/C36H44N6O3/c1-5-30(25-9-7-6-8-10-25)38-34(43)26-11-12-31-28(21-26)29(35(44)39-31)22-32-23(2)33(24(3)37-32)36(45)42-19-17-41(18-20-42)27-13-15-40(4)16-14-27/h6-12,21-22,27,30,37H,5,13-20H2,1-4H3,(H,38,43)(H,39,44)/t30-/m1/s1. The number of piperidine rings is 1. The molecule has 0 aliphatic carbocycles. The number of aromatic amines is 1. The van der Waals surface area contributed by atoms with E-state index in [0.717, 1.165) is 68.2 Å². The lowest BCUT2D eigenvalue weighted by molar-refractivity contribution is -0.110. The predicted molar refractivity (Wildman–Crippen MR) is 178 cm³/mol. The van der Waals surface area contributed by atoms with Crippen LogP contribution in [0.15, 0.2) is 48.5 Å². The van der Waals surface area contributed by atoms with E-state index in [4.69, 9.17) is 0 Å². The van der Waals surface area contributed by atoms with Crippen LogP contribution >= 0.6 is 0 Å². The number of hydrogen-bond acceptors (Lipinski definition) is 5. The normalized spacial score (nSPS) is 19.4. The molecule has 2 saturated heterocycles. The molecule has 0 radical (unpaired) electrons. The summed E-state index contributed by atoms with van der Waals surface area (Å²) in [6, 6.07) is 15.7. The van der Waals surface area contributed by atoms with Crippen LogP contribution in [0, 0.1) is 13.8 Å². The SMILES string of the molecule is CC[C@@H](NC(=O)c1ccc2c(c1)C(=Cc1[nH]c(C)c(C(=O)N3CCN(C4CCN(C)CC4)CC3)c1C)C(=O)N2)c1ccccc1. The van der Waals surface area contributed by atoms with Crippen molar-refractivity contribution in [2.45, 2.75) is 52.1 Å². The molecule has 45 heavy (non-hydrogen) atoms. The Kier molecular flexibility index (Phi) is 8.92. The van der Waals surface area contributed by atoms with Crippen molar-refractivity contribution in [2.75, 3.05) is 51.6 Å². The number of likely N-dealkylation sites (tertiary alicyclic amines) is 1. The molecule has 6 rings (SSSR count). The summed E-state index contributed by atoms with van der Waals surface area (Å²) >= 11 is 0. The zero-order chi connectivity index (χ0) is 31.7. The Morgan fingerprint density at radius 3 is 2.40 bits per heavy atom. The summed E-state index contributed by atoms with van der Waals surface area (Å²) in [7, 11) is 2.18. The highest BCUT2D eigenvalue weighted by Gasteiger charge is 2.31. The second-order valence-corrected chi connectivity index (χ2v) is 12.6. The number of anilines is 1. The smallest absolute Gasteiger partial charge is 0.256 e. The van der Waals surface area contributed by atoms with E-state index in [1.807, 2.05) is 56.0 Å². The Morgan fingerprint density at radius 2 is 1.71 bits per heavy atom. The van der Waals surface area contributed by atoms with E-state index in [1.54, 1.807) is 24.3 Å². The van der Waals surface area contributed by atoms with Crippen LogP contribution < -0.4 is 10.6 Å². The number of amides is 3.